The van der Waals surface area contributed by atoms with Gasteiger partial charge < -0.3 is 23.3 Å². The molecule has 0 bridgehead atoms. The molecule has 8 heteroatoms. The van der Waals surface area contributed by atoms with E-state index in [1.807, 2.05) is 0 Å². The van der Waals surface area contributed by atoms with Crippen LogP contribution in [0.4, 0.5) is 0 Å². The molecule has 0 saturated carbocycles. The second-order valence-corrected chi connectivity index (χ2v) is 4.63. The summed E-state index contributed by atoms with van der Waals surface area (Å²) in [4.78, 5) is 11.2. The lowest BCUT2D eigenvalue weighted by Crippen LogP contribution is -2.27. The summed E-state index contributed by atoms with van der Waals surface area (Å²) in [7, 11) is 1.13. The van der Waals surface area contributed by atoms with Crippen molar-refractivity contribution in [1.82, 2.24) is 0 Å². The van der Waals surface area contributed by atoms with Crippen LogP contribution in [-0.2, 0) is 32.6 Å². The van der Waals surface area contributed by atoms with Gasteiger partial charge in [-0.2, -0.15) is 0 Å². The van der Waals surface area contributed by atoms with E-state index in [1.54, 1.807) is 0 Å². The first kappa shape index (κ1) is 14.5. The lowest BCUT2D eigenvalue weighted by Gasteiger charge is -2.21. The number of hydrogen-bond donors (Lipinski definition) is 0. The minimum absolute atomic E-state index is 0.226. The Morgan fingerprint density at radius 3 is 2.07 bits per heavy atom. The lowest BCUT2D eigenvalue weighted by atomic mass is 10.7. The van der Waals surface area contributed by atoms with Crippen LogP contribution in [0.3, 0.4) is 0 Å². The molecule has 0 heterocycles. The third kappa shape index (κ3) is 3.89. The zero-order valence-corrected chi connectivity index (χ0v) is 9.98. The molecule has 90 valence electrons. The first-order chi connectivity index (χ1) is 7.05. The molecule has 1 unspecified atom stereocenters. The van der Waals surface area contributed by atoms with E-state index in [0.29, 0.717) is 0 Å². The number of hydrogen-bond acceptors (Lipinski definition) is 7. The summed E-state index contributed by atoms with van der Waals surface area (Å²) in [5, 5.41) is 0. The van der Waals surface area contributed by atoms with Crippen molar-refractivity contribution in [3.05, 3.63) is 0 Å². The van der Waals surface area contributed by atoms with Gasteiger partial charge in [0.15, 0.2) is 0 Å². The molecule has 0 saturated heterocycles. The Morgan fingerprint density at radius 1 is 1.20 bits per heavy atom. The van der Waals surface area contributed by atoms with E-state index in [0.717, 1.165) is 21.3 Å². The van der Waals surface area contributed by atoms with Crippen LogP contribution in [0.15, 0.2) is 0 Å². The van der Waals surface area contributed by atoms with Crippen LogP contribution in [-0.4, -0.2) is 47.0 Å². The molecule has 1 atom stereocenters. The SMILES string of the molecule is COCOC(C(=O)OC)P(=O)(OC)OC. The van der Waals surface area contributed by atoms with Crippen molar-refractivity contribution in [2.45, 2.75) is 5.85 Å². The zero-order valence-electron chi connectivity index (χ0n) is 9.09. The molecule has 15 heavy (non-hydrogen) atoms. The van der Waals surface area contributed by atoms with E-state index in [9.17, 15) is 9.36 Å². The molecule has 0 aromatic heterocycles. The molecule has 0 aromatic carbocycles. The van der Waals surface area contributed by atoms with Crippen molar-refractivity contribution in [2.24, 2.45) is 0 Å². The molecule has 7 nitrogen and oxygen atoms in total. The number of ether oxygens (including phenoxy) is 3. The highest BCUT2D eigenvalue weighted by Crippen LogP contribution is 2.52. The molecule has 0 radical (unpaired) electrons. The Labute approximate surface area is 88.1 Å². The van der Waals surface area contributed by atoms with Gasteiger partial charge in [0.05, 0.1) is 7.11 Å². The van der Waals surface area contributed by atoms with Crippen molar-refractivity contribution in [2.75, 3.05) is 35.2 Å². The fraction of sp³-hybridized carbons (Fsp3) is 0.857. The fourth-order valence-corrected chi connectivity index (χ4v) is 1.93. The molecular formula is C7H15O7P. The molecule has 0 rings (SSSR count). The molecule has 0 aromatic rings. The first-order valence-electron chi connectivity index (χ1n) is 3.95. The first-order valence-corrected chi connectivity index (χ1v) is 5.56. The molecule has 0 spiro atoms. The molecule has 0 aliphatic heterocycles. The number of carbonyl (C=O) groups is 1. The van der Waals surface area contributed by atoms with Gasteiger partial charge in [0.25, 0.3) is 5.85 Å². The third-order valence-corrected chi connectivity index (χ3v) is 3.49. The molecule has 0 amide bonds. The second kappa shape index (κ2) is 6.92. The summed E-state index contributed by atoms with van der Waals surface area (Å²) in [6.07, 6.45) is 0. The van der Waals surface area contributed by atoms with E-state index in [4.69, 9.17) is 4.74 Å². The van der Waals surface area contributed by atoms with E-state index >= 15 is 0 Å². The Morgan fingerprint density at radius 2 is 1.73 bits per heavy atom. The highest BCUT2D eigenvalue weighted by atomic mass is 31.2. The maximum absolute atomic E-state index is 11.8. The molecule has 0 aliphatic rings. The minimum Gasteiger partial charge on any atom is -0.467 e. The summed E-state index contributed by atoms with van der Waals surface area (Å²) in [5.41, 5.74) is 0. The fourth-order valence-electron chi connectivity index (χ4n) is 0.788. The largest absolute Gasteiger partial charge is 0.467 e. The van der Waals surface area contributed by atoms with Crippen LogP contribution in [0.25, 0.3) is 0 Å². The third-order valence-electron chi connectivity index (χ3n) is 1.54. The monoisotopic (exact) mass is 242 g/mol. The van der Waals surface area contributed by atoms with Gasteiger partial charge in [-0.3, -0.25) is 4.57 Å². The maximum atomic E-state index is 11.8. The van der Waals surface area contributed by atoms with E-state index < -0.39 is 19.4 Å². The van der Waals surface area contributed by atoms with Gasteiger partial charge in [0.2, 0.25) is 0 Å². The zero-order chi connectivity index (χ0) is 11.9. The Bertz CT molecular complexity index is 233. The van der Waals surface area contributed by atoms with Crippen molar-refractivity contribution in [3.63, 3.8) is 0 Å². The standard InChI is InChI=1S/C7H15O7P/c1-10-5-14-7(6(8)11-2)15(9,12-3)13-4/h7H,5H2,1-4H3. The van der Waals surface area contributed by atoms with E-state index in [1.165, 1.54) is 7.11 Å². The van der Waals surface area contributed by atoms with Crippen LogP contribution in [0.1, 0.15) is 0 Å². The predicted octanol–water partition coefficient (Wildman–Crippen LogP) is 0.592. The number of carbonyl (C=O) groups excluding carboxylic acids is 1. The summed E-state index contributed by atoms with van der Waals surface area (Å²) in [5.74, 6) is -2.29. The van der Waals surface area contributed by atoms with Gasteiger partial charge in [-0.1, -0.05) is 0 Å². The lowest BCUT2D eigenvalue weighted by molar-refractivity contribution is -0.155. The quantitative estimate of drug-likeness (QED) is 0.367. The maximum Gasteiger partial charge on any atom is 0.370 e. The predicted molar refractivity (Wildman–Crippen MR) is 50.4 cm³/mol. The van der Waals surface area contributed by atoms with Gasteiger partial charge in [-0.05, 0) is 0 Å². The normalized spacial score (nSPS) is 13.6. The van der Waals surface area contributed by atoms with Crippen molar-refractivity contribution >= 4 is 13.6 Å². The number of esters is 1. The summed E-state index contributed by atoms with van der Waals surface area (Å²) in [6, 6.07) is 0. The van der Waals surface area contributed by atoms with Gasteiger partial charge >= 0.3 is 13.6 Å². The molecule has 0 aliphatic carbocycles. The Balaban J connectivity index is 4.74. The Kier molecular flexibility index (Phi) is 6.71. The summed E-state index contributed by atoms with van der Waals surface area (Å²) >= 11 is 0. The van der Waals surface area contributed by atoms with Crippen molar-refractivity contribution in [1.29, 1.82) is 0 Å². The highest BCUT2D eigenvalue weighted by Gasteiger charge is 2.42. The van der Waals surface area contributed by atoms with Crippen LogP contribution >= 0.6 is 7.60 Å². The topological polar surface area (TPSA) is 80.3 Å². The number of rotatable bonds is 7. The van der Waals surface area contributed by atoms with Gasteiger partial charge in [0.1, 0.15) is 6.79 Å². The van der Waals surface area contributed by atoms with Gasteiger partial charge in [0, 0.05) is 21.3 Å². The average Bonchev–Trinajstić information content (AvgIpc) is 2.28. The second-order valence-electron chi connectivity index (χ2n) is 2.35. The van der Waals surface area contributed by atoms with Gasteiger partial charge in [-0.15, -0.1) is 0 Å². The van der Waals surface area contributed by atoms with Crippen LogP contribution in [0.5, 0.6) is 0 Å². The van der Waals surface area contributed by atoms with E-state index in [2.05, 4.69) is 18.5 Å². The van der Waals surface area contributed by atoms with E-state index in [-0.39, 0.29) is 6.79 Å². The van der Waals surface area contributed by atoms with Crippen LogP contribution in [0.2, 0.25) is 0 Å². The smallest absolute Gasteiger partial charge is 0.370 e. The number of methoxy groups -OCH3 is 2. The summed E-state index contributed by atoms with van der Waals surface area (Å²) in [6.45, 7) is -0.226. The van der Waals surface area contributed by atoms with Crippen LogP contribution in [0, 0.1) is 0 Å². The average molecular weight is 242 g/mol. The Hall–Kier alpha value is -0.460. The van der Waals surface area contributed by atoms with Crippen molar-refractivity contribution in [3.8, 4) is 0 Å². The molecular weight excluding hydrogens is 227 g/mol. The van der Waals surface area contributed by atoms with Crippen LogP contribution < -0.4 is 0 Å². The van der Waals surface area contributed by atoms with Gasteiger partial charge in [-0.25, -0.2) is 4.79 Å². The molecule has 0 fully saturated rings. The summed E-state index contributed by atoms with van der Waals surface area (Å²) < 4.78 is 35.0. The van der Waals surface area contributed by atoms with Crippen molar-refractivity contribution < 1.29 is 32.6 Å². The minimum atomic E-state index is -3.67. The highest BCUT2D eigenvalue weighted by molar-refractivity contribution is 7.55. The molecule has 0 N–H and O–H groups in total.